The van der Waals surface area contributed by atoms with Crippen molar-refractivity contribution in [2.75, 3.05) is 6.61 Å². The van der Waals surface area contributed by atoms with Crippen LogP contribution in [0.4, 0.5) is 0 Å². The van der Waals surface area contributed by atoms with Gasteiger partial charge in [0, 0.05) is 12.0 Å². The van der Waals surface area contributed by atoms with E-state index >= 15 is 0 Å². The molecule has 21 heavy (non-hydrogen) atoms. The summed E-state index contributed by atoms with van der Waals surface area (Å²) in [5, 5.41) is 0. The van der Waals surface area contributed by atoms with E-state index in [4.69, 9.17) is 4.74 Å². The van der Waals surface area contributed by atoms with E-state index in [0.717, 1.165) is 12.2 Å². The van der Waals surface area contributed by atoms with Crippen LogP contribution < -0.4 is 0 Å². The van der Waals surface area contributed by atoms with Crippen molar-refractivity contribution >= 4 is 5.57 Å². The van der Waals surface area contributed by atoms with Crippen LogP contribution in [0, 0.1) is 13.8 Å². The molecule has 0 saturated carbocycles. The van der Waals surface area contributed by atoms with E-state index in [1.54, 1.807) is 0 Å². The Morgan fingerprint density at radius 2 is 1.19 bits per heavy atom. The standard InChI is InChI=1S/C20H24O/c1-5-19(21-6-2)20(17-11-7-15(3)8-12-17)18-13-9-16(4)10-14-18/h7-14H,5-6H2,1-4H3. The summed E-state index contributed by atoms with van der Waals surface area (Å²) in [4.78, 5) is 0. The molecule has 0 fully saturated rings. The minimum Gasteiger partial charge on any atom is -0.498 e. The van der Waals surface area contributed by atoms with Gasteiger partial charge < -0.3 is 4.74 Å². The first-order valence-electron chi connectivity index (χ1n) is 7.65. The summed E-state index contributed by atoms with van der Waals surface area (Å²) >= 11 is 0. The third kappa shape index (κ3) is 3.75. The van der Waals surface area contributed by atoms with Crippen LogP contribution in [0.25, 0.3) is 5.57 Å². The average Bonchev–Trinajstić information content (AvgIpc) is 2.50. The molecule has 0 radical (unpaired) electrons. The lowest BCUT2D eigenvalue weighted by molar-refractivity contribution is 0.223. The van der Waals surface area contributed by atoms with Gasteiger partial charge in [-0.2, -0.15) is 0 Å². The third-order valence-electron chi connectivity index (χ3n) is 3.60. The molecule has 0 aliphatic heterocycles. The fraction of sp³-hybridized carbons (Fsp3) is 0.300. The summed E-state index contributed by atoms with van der Waals surface area (Å²) in [6.07, 6.45) is 0.894. The highest BCUT2D eigenvalue weighted by atomic mass is 16.5. The van der Waals surface area contributed by atoms with Crippen molar-refractivity contribution in [2.24, 2.45) is 0 Å². The van der Waals surface area contributed by atoms with Gasteiger partial charge in [-0.1, -0.05) is 66.6 Å². The topological polar surface area (TPSA) is 9.23 Å². The number of aryl methyl sites for hydroxylation is 2. The highest BCUT2D eigenvalue weighted by Gasteiger charge is 2.12. The summed E-state index contributed by atoms with van der Waals surface area (Å²) in [7, 11) is 0. The molecule has 0 bridgehead atoms. The Labute approximate surface area is 128 Å². The van der Waals surface area contributed by atoms with E-state index in [9.17, 15) is 0 Å². The molecule has 0 atom stereocenters. The van der Waals surface area contributed by atoms with Crippen LogP contribution in [-0.4, -0.2) is 6.61 Å². The Bertz CT molecular complexity index is 556. The van der Waals surface area contributed by atoms with Crippen molar-refractivity contribution < 1.29 is 4.74 Å². The second-order valence-corrected chi connectivity index (χ2v) is 5.32. The molecule has 0 N–H and O–H groups in total. The molecule has 1 heteroatoms. The molecule has 0 aromatic heterocycles. The van der Waals surface area contributed by atoms with E-state index in [1.165, 1.54) is 27.8 Å². The Balaban J connectivity index is 2.58. The van der Waals surface area contributed by atoms with Crippen LogP contribution >= 0.6 is 0 Å². The molecule has 110 valence electrons. The molecule has 1 nitrogen and oxygen atoms in total. The van der Waals surface area contributed by atoms with Crippen molar-refractivity contribution in [3.63, 3.8) is 0 Å². The van der Waals surface area contributed by atoms with Crippen LogP contribution in [-0.2, 0) is 4.74 Å². The maximum Gasteiger partial charge on any atom is 0.104 e. The fourth-order valence-corrected chi connectivity index (χ4v) is 2.45. The molecule has 0 saturated heterocycles. The van der Waals surface area contributed by atoms with Gasteiger partial charge in [0.2, 0.25) is 0 Å². The van der Waals surface area contributed by atoms with Gasteiger partial charge in [-0.05, 0) is 31.9 Å². The zero-order valence-electron chi connectivity index (χ0n) is 13.4. The predicted molar refractivity (Wildman–Crippen MR) is 90.3 cm³/mol. The van der Waals surface area contributed by atoms with Crippen molar-refractivity contribution in [3.05, 3.63) is 76.5 Å². The van der Waals surface area contributed by atoms with Gasteiger partial charge in [0.15, 0.2) is 0 Å². The van der Waals surface area contributed by atoms with Crippen molar-refractivity contribution in [3.8, 4) is 0 Å². The largest absolute Gasteiger partial charge is 0.498 e. The monoisotopic (exact) mass is 280 g/mol. The fourth-order valence-electron chi connectivity index (χ4n) is 2.45. The maximum atomic E-state index is 5.90. The molecule has 2 rings (SSSR count). The minimum absolute atomic E-state index is 0.699. The van der Waals surface area contributed by atoms with E-state index < -0.39 is 0 Å². The highest BCUT2D eigenvalue weighted by molar-refractivity contribution is 5.81. The van der Waals surface area contributed by atoms with Crippen LogP contribution in [0.5, 0.6) is 0 Å². The van der Waals surface area contributed by atoms with E-state index in [-0.39, 0.29) is 0 Å². The van der Waals surface area contributed by atoms with Crippen molar-refractivity contribution in [1.29, 1.82) is 0 Å². The zero-order chi connectivity index (χ0) is 15.2. The van der Waals surface area contributed by atoms with E-state index in [1.807, 2.05) is 6.92 Å². The molecule has 0 spiro atoms. The van der Waals surface area contributed by atoms with Crippen LogP contribution in [0.2, 0.25) is 0 Å². The third-order valence-corrected chi connectivity index (χ3v) is 3.60. The molecule has 0 aliphatic carbocycles. The summed E-state index contributed by atoms with van der Waals surface area (Å²) in [5.41, 5.74) is 6.19. The highest BCUT2D eigenvalue weighted by Crippen LogP contribution is 2.29. The lowest BCUT2D eigenvalue weighted by Crippen LogP contribution is -1.99. The van der Waals surface area contributed by atoms with Gasteiger partial charge in [0.25, 0.3) is 0 Å². The molecule has 0 unspecified atom stereocenters. The first kappa shape index (κ1) is 15.4. The normalized spacial score (nSPS) is 10.3. The lowest BCUT2D eigenvalue weighted by atomic mass is 9.94. The SMILES string of the molecule is CCOC(CC)=C(c1ccc(C)cc1)c1ccc(C)cc1. The van der Waals surface area contributed by atoms with Crippen molar-refractivity contribution in [2.45, 2.75) is 34.1 Å². The second-order valence-electron chi connectivity index (χ2n) is 5.32. The van der Waals surface area contributed by atoms with Gasteiger partial charge in [0.05, 0.1) is 6.61 Å². The predicted octanol–water partition coefficient (Wildman–Crippen LogP) is 5.51. The summed E-state index contributed by atoms with van der Waals surface area (Å²) in [6, 6.07) is 17.3. The molecular formula is C20H24O. The number of benzene rings is 2. The number of hydrogen-bond acceptors (Lipinski definition) is 1. The molecular weight excluding hydrogens is 256 g/mol. The number of allylic oxidation sites excluding steroid dienone is 1. The smallest absolute Gasteiger partial charge is 0.104 e. The molecule has 2 aromatic carbocycles. The average molecular weight is 280 g/mol. The summed E-state index contributed by atoms with van der Waals surface area (Å²) in [6.45, 7) is 9.11. The van der Waals surface area contributed by atoms with Gasteiger partial charge in [-0.15, -0.1) is 0 Å². The van der Waals surface area contributed by atoms with E-state index in [2.05, 4.69) is 69.3 Å². The Morgan fingerprint density at radius 3 is 1.52 bits per heavy atom. The molecule has 0 amide bonds. The molecule has 2 aromatic rings. The summed E-state index contributed by atoms with van der Waals surface area (Å²) in [5.74, 6) is 1.06. The lowest BCUT2D eigenvalue weighted by Gasteiger charge is -2.16. The Kier molecular flexibility index (Phi) is 5.21. The number of rotatable bonds is 5. The Morgan fingerprint density at radius 1 is 0.762 bits per heavy atom. The summed E-state index contributed by atoms with van der Waals surface area (Å²) < 4.78 is 5.90. The van der Waals surface area contributed by atoms with Crippen LogP contribution in [0.1, 0.15) is 42.5 Å². The van der Waals surface area contributed by atoms with Crippen LogP contribution in [0.3, 0.4) is 0 Å². The first-order valence-corrected chi connectivity index (χ1v) is 7.65. The molecule has 0 aliphatic rings. The molecule has 0 heterocycles. The van der Waals surface area contributed by atoms with Gasteiger partial charge in [-0.3, -0.25) is 0 Å². The first-order chi connectivity index (χ1) is 10.2. The maximum absolute atomic E-state index is 5.90. The van der Waals surface area contributed by atoms with Gasteiger partial charge in [-0.25, -0.2) is 0 Å². The zero-order valence-corrected chi connectivity index (χ0v) is 13.4. The van der Waals surface area contributed by atoms with Gasteiger partial charge in [0.1, 0.15) is 5.76 Å². The van der Waals surface area contributed by atoms with Crippen LogP contribution in [0.15, 0.2) is 54.3 Å². The van der Waals surface area contributed by atoms with E-state index in [0.29, 0.717) is 6.61 Å². The number of hydrogen-bond donors (Lipinski definition) is 0. The quantitative estimate of drug-likeness (QED) is 0.656. The Hall–Kier alpha value is -2.02. The number of ether oxygens (including phenoxy) is 1. The minimum atomic E-state index is 0.699. The van der Waals surface area contributed by atoms with Crippen molar-refractivity contribution in [1.82, 2.24) is 0 Å². The second kappa shape index (κ2) is 7.12. The van der Waals surface area contributed by atoms with Gasteiger partial charge >= 0.3 is 0 Å².